The van der Waals surface area contributed by atoms with E-state index in [0.717, 1.165) is 30.4 Å². The molecule has 0 unspecified atom stereocenters. The molecule has 2 saturated heterocycles. The van der Waals surface area contributed by atoms with Crippen molar-refractivity contribution >= 4 is 29.3 Å². The number of nitrogens with zero attached hydrogens (tertiary/aromatic N) is 2. The number of ether oxygens (including phenoxy) is 1. The molecule has 3 N–H and O–H groups in total. The van der Waals surface area contributed by atoms with Crippen molar-refractivity contribution in [1.82, 2.24) is 15.1 Å². The summed E-state index contributed by atoms with van der Waals surface area (Å²) < 4.78 is 5.26. The number of amides is 4. The van der Waals surface area contributed by atoms with Crippen LogP contribution in [0.1, 0.15) is 63.9 Å². The Bertz CT molecular complexity index is 1460. The number of carbonyl (C=O) groups is 4. The number of rotatable bonds is 3. The van der Waals surface area contributed by atoms with Crippen LogP contribution in [0.5, 0.6) is 5.75 Å². The van der Waals surface area contributed by atoms with Crippen LogP contribution in [0.15, 0.2) is 36.4 Å². The summed E-state index contributed by atoms with van der Waals surface area (Å²) in [5.41, 5.74) is 9.32. The van der Waals surface area contributed by atoms with Crippen molar-refractivity contribution in [2.24, 2.45) is 11.3 Å². The van der Waals surface area contributed by atoms with Crippen LogP contribution < -0.4 is 15.8 Å². The highest BCUT2D eigenvalue weighted by Gasteiger charge is 2.54. The number of benzene rings is 2. The lowest BCUT2D eigenvalue weighted by molar-refractivity contribution is -0.136. The Hall–Kier alpha value is -4.32. The number of likely N-dealkylation sites (tertiary alicyclic amines) is 1. The molecule has 0 aromatic heterocycles. The third-order valence-electron chi connectivity index (χ3n) is 8.68. The van der Waals surface area contributed by atoms with E-state index in [1.807, 2.05) is 17.0 Å². The number of fused-ring (bicyclic) bond motifs is 1. The van der Waals surface area contributed by atoms with Crippen LogP contribution in [0.25, 0.3) is 0 Å². The van der Waals surface area contributed by atoms with Gasteiger partial charge >= 0.3 is 0 Å². The molecule has 2 atom stereocenters. The van der Waals surface area contributed by atoms with Gasteiger partial charge in [-0.05, 0) is 67.0 Å². The zero-order chi connectivity index (χ0) is 27.3. The van der Waals surface area contributed by atoms with Crippen LogP contribution in [0.3, 0.4) is 0 Å². The second kappa shape index (κ2) is 9.45. The standard InChI is InChI=1S/C30H30N4O5/c1-39-25-15-19(6-8-23(25)31)28(37)33-13-11-30(12-14-33)16-20(30)7-5-18-3-2-4-21-22(18)17-34(29(21)38)24-9-10-26(35)32-27(24)36/h2-4,6,8,15,20,24H,9-14,16-17,31H2,1H3,(H,32,35,36)/t20-,24+/m1/s1. The maximum absolute atomic E-state index is 13.1. The Kier molecular flexibility index (Phi) is 6.06. The Morgan fingerprint density at radius 1 is 1.15 bits per heavy atom. The fourth-order valence-electron chi connectivity index (χ4n) is 6.15. The van der Waals surface area contributed by atoms with Gasteiger partial charge in [-0.1, -0.05) is 17.9 Å². The van der Waals surface area contributed by atoms with Gasteiger partial charge in [0.25, 0.3) is 11.8 Å². The van der Waals surface area contributed by atoms with Crippen molar-refractivity contribution in [3.05, 3.63) is 58.7 Å². The normalized spacial score (nSPS) is 23.2. The highest BCUT2D eigenvalue weighted by molar-refractivity contribution is 6.05. The van der Waals surface area contributed by atoms with Gasteiger partial charge in [0, 0.05) is 48.7 Å². The SMILES string of the molecule is COc1cc(C(=O)N2CCC3(CC2)C[C@H]3C#Cc2cccc3c2CN([C@H]2CCC(=O)NC2=O)C3=O)ccc1N. The number of nitrogens with two attached hydrogens (primary N) is 1. The van der Waals surface area contributed by atoms with E-state index >= 15 is 0 Å². The van der Waals surface area contributed by atoms with Crippen LogP contribution in [-0.2, 0) is 16.1 Å². The number of hydrogen-bond donors (Lipinski definition) is 2. The predicted molar refractivity (Wildman–Crippen MR) is 142 cm³/mol. The highest BCUT2D eigenvalue weighted by Crippen LogP contribution is 2.59. The van der Waals surface area contributed by atoms with E-state index < -0.39 is 11.9 Å². The summed E-state index contributed by atoms with van der Waals surface area (Å²) in [7, 11) is 1.54. The van der Waals surface area contributed by atoms with Crippen molar-refractivity contribution in [2.45, 2.75) is 44.7 Å². The van der Waals surface area contributed by atoms with Crippen molar-refractivity contribution in [3.8, 4) is 17.6 Å². The Morgan fingerprint density at radius 3 is 2.69 bits per heavy atom. The lowest BCUT2D eigenvalue weighted by Crippen LogP contribution is -2.52. The number of anilines is 1. The van der Waals surface area contributed by atoms with E-state index in [1.165, 1.54) is 7.11 Å². The molecule has 0 bridgehead atoms. The fourth-order valence-corrected chi connectivity index (χ4v) is 6.15. The summed E-state index contributed by atoms with van der Waals surface area (Å²) in [6.07, 6.45) is 3.37. The van der Waals surface area contributed by atoms with Crippen molar-refractivity contribution < 1.29 is 23.9 Å². The zero-order valence-electron chi connectivity index (χ0n) is 21.8. The number of nitrogen functional groups attached to an aromatic ring is 1. The third-order valence-corrected chi connectivity index (χ3v) is 8.68. The average molecular weight is 527 g/mol. The molecule has 3 heterocycles. The van der Waals surface area contributed by atoms with Crippen LogP contribution in [0.4, 0.5) is 5.69 Å². The van der Waals surface area contributed by atoms with Gasteiger partial charge in [0.15, 0.2) is 0 Å². The molecule has 0 radical (unpaired) electrons. The number of imide groups is 1. The van der Waals surface area contributed by atoms with Gasteiger partial charge in [-0.3, -0.25) is 24.5 Å². The molecule has 6 rings (SSSR count). The largest absolute Gasteiger partial charge is 0.495 e. The van der Waals surface area contributed by atoms with E-state index in [0.29, 0.717) is 48.6 Å². The van der Waals surface area contributed by atoms with Crippen molar-refractivity contribution in [2.75, 3.05) is 25.9 Å². The zero-order valence-corrected chi connectivity index (χ0v) is 21.8. The number of carbonyl (C=O) groups excluding carboxylic acids is 4. The first-order chi connectivity index (χ1) is 18.8. The number of hydrogen-bond acceptors (Lipinski definition) is 6. The van der Waals surface area contributed by atoms with Crippen LogP contribution in [0.2, 0.25) is 0 Å². The molecular formula is C30H30N4O5. The molecule has 9 nitrogen and oxygen atoms in total. The maximum atomic E-state index is 13.1. The summed E-state index contributed by atoms with van der Waals surface area (Å²) in [4.78, 5) is 53.5. The summed E-state index contributed by atoms with van der Waals surface area (Å²) in [5, 5.41) is 2.34. The summed E-state index contributed by atoms with van der Waals surface area (Å²) >= 11 is 0. The van der Waals surface area contributed by atoms with Gasteiger partial charge in [-0.2, -0.15) is 0 Å². The first kappa shape index (κ1) is 25.0. The van der Waals surface area contributed by atoms with E-state index in [9.17, 15) is 19.2 Å². The fraction of sp³-hybridized carbons (Fsp3) is 0.400. The Labute approximate surface area is 226 Å². The van der Waals surface area contributed by atoms with E-state index in [1.54, 1.807) is 29.2 Å². The summed E-state index contributed by atoms with van der Waals surface area (Å²) in [5.74, 6) is 6.61. The topological polar surface area (TPSA) is 122 Å². The minimum absolute atomic E-state index is 0.0171. The Balaban J connectivity index is 1.11. The van der Waals surface area contributed by atoms with Gasteiger partial charge in [0.1, 0.15) is 11.8 Å². The number of nitrogens with one attached hydrogen (secondary N) is 1. The molecule has 3 fully saturated rings. The van der Waals surface area contributed by atoms with Gasteiger partial charge in [-0.25, -0.2) is 0 Å². The monoisotopic (exact) mass is 526 g/mol. The summed E-state index contributed by atoms with van der Waals surface area (Å²) in [6.45, 7) is 1.67. The van der Waals surface area contributed by atoms with E-state index in [-0.39, 0.29) is 35.5 Å². The molecule has 1 spiro atoms. The van der Waals surface area contributed by atoms with E-state index in [2.05, 4.69) is 17.2 Å². The predicted octanol–water partition coefficient (Wildman–Crippen LogP) is 2.33. The maximum Gasteiger partial charge on any atom is 0.255 e. The molecule has 2 aromatic rings. The summed E-state index contributed by atoms with van der Waals surface area (Å²) in [6, 6.07) is 10.0. The smallest absolute Gasteiger partial charge is 0.255 e. The molecule has 39 heavy (non-hydrogen) atoms. The number of piperidine rings is 2. The quantitative estimate of drug-likeness (QED) is 0.360. The van der Waals surface area contributed by atoms with Crippen molar-refractivity contribution in [3.63, 3.8) is 0 Å². The van der Waals surface area contributed by atoms with Gasteiger partial charge in [-0.15, -0.1) is 0 Å². The minimum Gasteiger partial charge on any atom is -0.495 e. The molecule has 4 aliphatic rings. The number of methoxy groups -OCH3 is 1. The minimum atomic E-state index is -0.641. The molecule has 3 aliphatic heterocycles. The van der Waals surface area contributed by atoms with E-state index in [4.69, 9.17) is 10.5 Å². The second-order valence-electron chi connectivity index (χ2n) is 10.9. The lowest BCUT2D eigenvalue weighted by Gasteiger charge is -2.32. The molecule has 4 amide bonds. The van der Waals surface area contributed by atoms with Crippen LogP contribution in [-0.4, -0.2) is 59.7 Å². The van der Waals surface area contributed by atoms with Gasteiger partial charge in [0.2, 0.25) is 11.8 Å². The van der Waals surface area contributed by atoms with Crippen molar-refractivity contribution in [1.29, 1.82) is 0 Å². The average Bonchev–Trinajstić information content (AvgIpc) is 3.50. The van der Waals surface area contributed by atoms with Gasteiger partial charge in [0.05, 0.1) is 12.8 Å². The molecule has 9 heteroatoms. The van der Waals surface area contributed by atoms with Gasteiger partial charge < -0.3 is 20.3 Å². The molecule has 1 saturated carbocycles. The second-order valence-corrected chi connectivity index (χ2v) is 10.9. The Morgan fingerprint density at radius 2 is 1.95 bits per heavy atom. The van der Waals surface area contributed by atoms with Crippen LogP contribution >= 0.6 is 0 Å². The molecular weight excluding hydrogens is 496 g/mol. The van der Waals surface area contributed by atoms with Crippen LogP contribution in [0, 0.1) is 23.2 Å². The lowest BCUT2D eigenvalue weighted by atomic mass is 9.90. The molecule has 2 aromatic carbocycles. The first-order valence-electron chi connectivity index (χ1n) is 13.3. The molecule has 1 aliphatic carbocycles. The highest BCUT2D eigenvalue weighted by atomic mass is 16.5. The third kappa shape index (κ3) is 4.40. The molecule has 200 valence electrons. The first-order valence-corrected chi connectivity index (χ1v) is 13.3.